The van der Waals surface area contributed by atoms with Crippen molar-refractivity contribution in [3.8, 4) is 0 Å². The van der Waals surface area contributed by atoms with E-state index in [1.807, 2.05) is 11.6 Å². The fourth-order valence-electron chi connectivity index (χ4n) is 1.53. The van der Waals surface area contributed by atoms with E-state index in [2.05, 4.69) is 9.88 Å². The minimum absolute atomic E-state index is 0.380. The molecule has 0 amide bonds. The van der Waals surface area contributed by atoms with Gasteiger partial charge in [-0.1, -0.05) is 0 Å². The van der Waals surface area contributed by atoms with Gasteiger partial charge in [-0.3, -0.25) is 4.90 Å². The summed E-state index contributed by atoms with van der Waals surface area (Å²) in [5.74, 6) is 0. The lowest BCUT2D eigenvalue weighted by Gasteiger charge is -2.12. The molecule has 12 heavy (non-hydrogen) atoms. The SMILES string of the molecule is NC1CCN(Cc2nccs2)C1. The summed E-state index contributed by atoms with van der Waals surface area (Å²) < 4.78 is 0. The first-order valence-electron chi connectivity index (χ1n) is 4.21. The average Bonchev–Trinajstić information content (AvgIpc) is 2.63. The Morgan fingerprint density at radius 1 is 1.75 bits per heavy atom. The molecule has 1 aromatic heterocycles. The van der Waals surface area contributed by atoms with Crippen molar-refractivity contribution in [2.45, 2.75) is 19.0 Å². The number of hydrogen-bond acceptors (Lipinski definition) is 4. The Morgan fingerprint density at radius 3 is 3.25 bits per heavy atom. The molecule has 66 valence electrons. The monoisotopic (exact) mass is 183 g/mol. The van der Waals surface area contributed by atoms with Crippen LogP contribution in [-0.2, 0) is 6.54 Å². The molecule has 1 saturated heterocycles. The maximum Gasteiger partial charge on any atom is 0.107 e. The summed E-state index contributed by atoms with van der Waals surface area (Å²) >= 11 is 1.72. The van der Waals surface area contributed by atoms with Crippen LogP contribution in [0.2, 0.25) is 0 Å². The number of rotatable bonds is 2. The molecular formula is C8H13N3S. The van der Waals surface area contributed by atoms with Gasteiger partial charge in [0, 0.05) is 30.7 Å². The molecule has 1 fully saturated rings. The van der Waals surface area contributed by atoms with Crippen LogP contribution in [0.1, 0.15) is 11.4 Å². The minimum Gasteiger partial charge on any atom is -0.326 e. The minimum atomic E-state index is 0.380. The molecule has 0 radical (unpaired) electrons. The van der Waals surface area contributed by atoms with Crippen molar-refractivity contribution >= 4 is 11.3 Å². The Morgan fingerprint density at radius 2 is 2.67 bits per heavy atom. The Bertz CT molecular complexity index is 234. The summed E-state index contributed by atoms with van der Waals surface area (Å²) in [5, 5.41) is 3.22. The lowest BCUT2D eigenvalue weighted by atomic mass is 10.3. The predicted molar refractivity (Wildman–Crippen MR) is 50.0 cm³/mol. The number of thiazole rings is 1. The van der Waals surface area contributed by atoms with Crippen molar-refractivity contribution in [3.05, 3.63) is 16.6 Å². The second-order valence-electron chi connectivity index (χ2n) is 3.21. The van der Waals surface area contributed by atoms with Crippen LogP contribution in [0.5, 0.6) is 0 Å². The molecule has 0 bridgehead atoms. The zero-order valence-corrected chi connectivity index (χ0v) is 7.76. The molecule has 0 spiro atoms. The van der Waals surface area contributed by atoms with Crippen LogP contribution in [0.3, 0.4) is 0 Å². The molecule has 1 aromatic rings. The molecule has 3 nitrogen and oxygen atoms in total. The van der Waals surface area contributed by atoms with E-state index in [-0.39, 0.29) is 0 Å². The molecule has 2 rings (SSSR count). The summed E-state index contributed by atoms with van der Waals surface area (Å²) in [4.78, 5) is 6.61. The highest BCUT2D eigenvalue weighted by molar-refractivity contribution is 7.09. The number of aromatic nitrogens is 1. The maximum atomic E-state index is 5.80. The van der Waals surface area contributed by atoms with Crippen LogP contribution in [0, 0.1) is 0 Å². The molecule has 0 saturated carbocycles. The van der Waals surface area contributed by atoms with Gasteiger partial charge in [0.1, 0.15) is 5.01 Å². The highest BCUT2D eigenvalue weighted by atomic mass is 32.1. The first-order valence-corrected chi connectivity index (χ1v) is 5.09. The third-order valence-electron chi connectivity index (χ3n) is 2.15. The quantitative estimate of drug-likeness (QED) is 0.733. The molecule has 4 heteroatoms. The topological polar surface area (TPSA) is 42.1 Å². The van der Waals surface area contributed by atoms with Gasteiger partial charge in [0.05, 0.1) is 6.54 Å². The summed E-state index contributed by atoms with van der Waals surface area (Å²) in [6.45, 7) is 3.13. The second kappa shape index (κ2) is 3.51. The second-order valence-corrected chi connectivity index (χ2v) is 4.19. The van der Waals surface area contributed by atoms with Crippen molar-refractivity contribution < 1.29 is 0 Å². The van der Waals surface area contributed by atoms with Crippen molar-refractivity contribution in [1.29, 1.82) is 0 Å². The smallest absolute Gasteiger partial charge is 0.107 e. The van der Waals surface area contributed by atoms with E-state index in [0.29, 0.717) is 6.04 Å². The highest BCUT2D eigenvalue weighted by Gasteiger charge is 2.19. The molecule has 0 aromatic carbocycles. The number of nitrogens with two attached hydrogens (primary N) is 1. The Balaban J connectivity index is 1.88. The van der Waals surface area contributed by atoms with E-state index in [1.165, 1.54) is 5.01 Å². The van der Waals surface area contributed by atoms with E-state index < -0.39 is 0 Å². The van der Waals surface area contributed by atoms with E-state index >= 15 is 0 Å². The van der Waals surface area contributed by atoms with Crippen molar-refractivity contribution in [2.75, 3.05) is 13.1 Å². The Labute approximate surface area is 76.2 Å². The maximum absolute atomic E-state index is 5.80. The molecule has 2 heterocycles. The largest absolute Gasteiger partial charge is 0.326 e. The zero-order chi connectivity index (χ0) is 8.39. The van der Waals surface area contributed by atoms with Gasteiger partial charge in [-0.25, -0.2) is 4.98 Å². The van der Waals surface area contributed by atoms with Crippen LogP contribution in [-0.4, -0.2) is 29.0 Å². The molecule has 2 N–H and O–H groups in total. The highest BCUT2D eigenvalue weighted by Crippen LogP contribution is 2.13. The number of likely N-dealkylation sites (tertiary alicyclic amines) is 1. The molecule has 1 aliphatic heterocycles. The summed E-state index contributed by atoms with van der Waals surface area (Å²) in [6, 6.07) is 0.380. The van der Waals surface area contributed by atoms with E-state index in [1.54, 1.807) is 11.3 Å². The van der Waals surface area contributed by atoms with Gasteiger partial charge in [-0.05, 0) is 6.42 Å². The van der Waals surface area contributed by atoms with Gasteiger partial charge in [0.2, 0.25) is 0 Å². The van der Waals surface area contributed by atoms with Crippen molar-refractivity contribution in [1.82, 2.24) is 9.88 Å². The lowest BCUT2D eigenvalue weighted by Crippen LogP contribution is -2.26. The van der Waals surface area contributed by atoms with Gasteiger partial charge in [-0.2, -0.15) is 0 Å². The standard InChI is InChI=1S/C8H13N3S/c9-7-1-3-11(5-7)6-8-10-2-4-12-8/h2,4,7H,1,3,5-6,9H2. The fraction of sp³-hybridized carbons (Fsp3) is 0.625. The Hall–Kier alpha value is -0.450. The number of hydrogen-bond donors (Lipinski definition) is 1. The van der Waals surface area contributed by atoms with E-state index in [9.17, 15) is 0 Å². The predicted octanol–water partition coefficient (Wildman–Crippen LogP) is 0.676. The molecule has 1 atom stereocenters. The molecule has 0 aliphatic carbocycles. The van der Waals surface area contributed by atoms with Crippen LogP contribution in [0.4, 0.5) is 0 Å². The zero-order valence-electron chi connectivity index (χ0n) is 6.94. The molecular weight excluding hydrogens is 170 g/mol. The Kier molecular flexibility index (Phi) is 2.39. The third-order valence-corrected chi connectivity index (χ3v) is 2.92. The summed E-state index contributed by atoms with van der Waals surface area (Å²) in [7, 11) is 0. The van der Waals surface area contributed by atoms with Gasteiger partial charge in [0.15, 0.2) is 0 Å². The summed E-state index contributed by atoms with van der Waals surface area (Å²) in [6.07, 6.45) is 2.99. The molecule has 1 aliphatic rings. The van der Waals surface area contributed by atoms with Crippen LogP contribution < -0.4 is 5.73 Å². The van der Waals surface area contributed by atoms with Gasteiger partial charge < -0.3 is 5.73 Å². The number of nitrogens with zero attached hydrogens (tertiary/aromatic N) is 2. The van der Waals surface area contributed by atoms with Crippen LogP contribution in [0.15, 0.2) is 11.6 Å². The van der Waals surface area contributed by atoms with Crippen molar-refractivity contribution in [2.24, 2.45) is 5.73 Å². The average molecular weight is 183 g/mol. The summed E-state index contributed by atoms with van der Waals surface area (Å²) in [5.41, 5.74) is 5.80. The van der Waals surface area contributed by atoms with Crippen molar-refractivity contribution in [3.63, 3.8) is 0 Å². The first kappa shape index (κ1) is 8.16. The van der Waals surface area contributed by atoms with Crippen LogP contribution in [0.25, 0.3) is 0 Å². The lowest BCUT2D eigenvalue weighted by molar-refractivity contribution is 0.326. The van der Waals surface area contributed by atoms with E-state index in [4.69, 9.17) is 5.73 Å². The fourth-order valence-corrected chi connectivity index (χ4v) is 2.19. The van der Waals surface area contributed by atoms with Gasteiger partial charge in [-0.15, -0.1) is 11.3 Å². The first-order chi connectivity index (χ1) is 5.84. The van der Waals surface area contributed by atoms with Gasteiger partial charge in [0.25, 0.3) is 0 Å². The normalized spacial score (nSPS) is 24.9. The van der Waals surface area contributed by atoms with E-state index in [0.717, 1.165) is 26.1 Å². The molecule has 1 unspecified atom stereocenters. The van der Waals surface area contributed by atoms with Gasteiger partial charge >= 0.3 is 0 Å². The van der Waals surface area contributed by atoms with Crippen LogP contribution >= 0.6 is 11.3 Å². The third kappa shape index (κ3) is 1.83.